The van der Waals surface area contributed by atoms with Crippen LogP contribution in [0, 0.1) is 0 Å². The van der Waals surface area contributed by atoms with Gasteiger partial charge in [0.15, 0.2) is 17.6 Å². The summed E-state index contributed by atoms with van der Waals surface area (Å²) in [4.78, 5) is 40.6. The number of rotatable bonds is 0. The van der Waals surface area contributed by atoms with Crippen LogP contribution in [0.3, 0.4) is 0 Å². The molecule has 0 aliphatic rings. The molecule has 0 atom stereocenters. The van der Waals surface area contributed by atoms with Crippen molar-refractivity contribution < 1.29 is 4.42 Å². The monoisotopic (exact) mass is 1890 g/mol. The van der Waals surface area contributed by atoms with Gasteiger partial charge < -0.3 is 4.42 Å². The fourth-order valence-corrected chi connectivity index (χ4v) is 10.1. The lowest BCUT2D eigenvalue weighted by atomic mass is 10.1. The van der Waals surface area contributed by atoms with Crippen LogP contribution in [-0.2, 0) is 0 Å². The molecule has 0 aliphatic carbocycles. The second-order valence-corrected chi connectivity index (χ2v) is 21.7. The summed E-state index contributed by atoms with van der Waals surface area (Å²) in [7, 11) is 0. The van der Waals surface area contributed by atoms with Gasteiger partial charge in [-0.15, -0.1) is 11.3 Å². The van der Waals surface area contributed by atoms with Gasteiger partial charge in [-0.1, -0.05) is 471 Å². The molecule has 0 spiro atoms. The van der Waals surface area contributed by atoms with Crippen molar-refractivity contribution in [2.45, 2.75) is 277 Å². The van der Waals surface area contributed by atoms with Crippen molar-refractivity contribution in [2.75, 3.05) is 0 Å². The average Bonchev–Trinajstić information content (AvgIpc) is 1.63. The van der Waals surface area contributed by atoms with E-state index in [4.69, 9.17) is 4.42 Å². The Bertz CT molecular complexity index is 4210. The molecule has 752 valence electrons. The molecule has 0 saturated heterocycles. The first kappa shape index (κ1) is 145. The lowest BCUT2D eigenvalue weighted by Crippen LogP contribution is -1.79. The lowest BCUT2D eigenvalue weighted by Gasteiger charge is -1.92. The molecular formula is C122H182N14OS. The van der Waals surface area contributed by atoms with Crippen molar-refractivity contribution in [3.8, 4) is 0 Å². The minimum atomic E-state index is 0.810. The fourth-order valence-electron chi connectivity index (χ4n) is 9.39. The van der Waals surface area contributed by atoms with Crippen molar-refractivity contribution >= 4 is 120 Å². The average molecular weight is 1890 g/mol. The fraction of sp³-hybridized carbons (Fsp3) is 0.328. The van der Waals surface area contributed by atoms with E-state index in [1.165, 1.54) is 38.0 Å². The van der Waals surface area contributed by atoms with E-state index < -0.39 is 0 Å². The molecule has 15 nitrogen and oxygen atoms in total. The zero-order chi connectivity index (χ0) is 107. The molecular weight excluding hydrogens is 1710 g/mol. The highest BCUT2D eigenvalue weighted by Crippen LogP contribution is 2.17. The van der Waals surface area contributed by atoms with Crippen molar-refractivity contribution in [2.24, 2.45) is 0 Å². The molecule has 0 N–H and O–H groups in total. The molecule has 10 heterocycles. The molecule has 0 radical (unpaired) electrons. The molecule has 0 saturated carbocycles. The molecule has 16 heteroatoms. The van der Waals surface area contributed by atoms with Gasteiger partial charge in [0.1, 0.15) is 11.8 Å². The SMILES string of the molecule is CC.CC.CC.CC.CC.CC.CC.CC.CC.CC.CC.CC.CC.CC.CC.CC.CC.CC.CC.CC.c1ccc2ccccc2c1.c1ccc2cnccc2c1.c1ccc2cnncc2c1.c1ccc2ncccc2c1.c1ccc2nccnc2c1.c1ccc2ncncc2c1.c1ccc2nnccc2c1.c1ccc2ocnc2c1.c1ccc2scnc2c1.c1cnc2ncccc2c1. The molecule has 0 fully saturated rings. The third kappa shape index (κ3) is 66.9. The minimum Gasteiger partial charge on any atom is -0.443 e. The number of aromatic nitrogens is 14. The number of hydrogen-bond acceptors (Lipinski definition) is 16. The van der Waals surface area contributed by atoms with Crippen LogP contribution in [0.15, 0.2) is 382 Å². The third-order valence-corrected chi connectivity index (χ3v) is 15.0. The summed E-state index contributed by atoms with van der Waals surface area (Å²) in [6.45, 7) is 80.0. The van der Waals surface area contributed by atoms with E-state index in [9.17, 15) is 0 Å². The molecule has 20 aromatic rings. The van der Waals surface area contributed by atoms with E-state index in [2.05, 4.69) is 149 Å². The highest BCUT2D eigenvalue weighted by atomic mass is 32.1. The first-order valence-electron chi connectivity index (χ1n) is 51.0. The highest BCUT2D eigenvalue weighted by molar-refractivity contribution is 7.16. The molecule has 10 aromatic carbocycles. The van der Waals surface area contributed by atoms with E-state index in [1.807, 2.05) is 520 Å². The van der Waals surface area contributed by atoms with Crippen LogP contribution in [0.4, 0.5) is 0 Å². The Kier molecular flexibility index (Phi) is 126. The summed E-state index contributed by atoms with van der Waals surface area (Å²) < 4.78 is 6.27. The Morgan fingerprint density at radius 3 is 0.870 bits per heavy atom. The van der Waals surface area contributed by atoms with Crippen LogP contribution in [0.2, 0.25) is 0 Å². The Morgan fingerprint density at radius 1 is 0.181 bits per heavy atom. The van der Waals surface area contributed by atoms with E-state index >= 15 is 0 Å². The quantitative estimate of drug-likeness (QED) is 0.139. The number of oxazole rings is 1. The maximum absolute atomic E-state index is 5.01. The van der Waals surface area contributed by atoms with Gasteiger partial charge in [-0.3, -0.25) is 19.9 Å². The second-order valence-electron chi connectivity index (χ2n) is 20.8. The number of hydrogen-bond donors (Lipinski definition) is 0. The van der Waals surface area contributed by atoms with Gasteiger partial charge in [0.05, 0.1) is 61.9 Å². The zero-order valence-corrected chi connectivity index (χ0v) is 93.7. The summed E-state index contributed by atoms with van der Waals surface area (Å²) >= 11 is 1.68. The molecule has 0 aliphatic heterocycles. The maximum atomic E-state index is 5.01. The van der Waals surface area contributed by atoms with Crippen LogP contribution >= 0.6 is 11.3 Å². The number of thiazole rings is 1. The normalized spacial score (nSPS) is 8.00. The number of fused-ring (bicyclic) bond motifs is 10. The standard InChI is InChI=1S/C10H8.2C9H7N.5C8H6N2.C7H5NO.C7H5NS.20C2H6/c1-2-6-10-8-4-3-7-9(10)5-1;1-2-6-9-8(4-1)5-3-7-10-9;1-2-4-9-7-10-6-5-8(9)3-1;1-3-7-4-2-6-10-8(7)9-5-1;1-2-4-8-7(3-1)5-9-6-10-8;1-2-4-8-6-10-9-5-7(8)3-1;1-2-4-8-7(3-1)9-5-6-10-8;1-2-4-8-7(3-1)5-6-9-10-8;2*1-2-4-7-6(3-1)8-5-9-7;20*1-2/h1-8H;2*1-7H;5*1-6H;2*1-5H;20*1-2H3. The molecule has 138 heavy (non-hydrogen) atoms. The number of para-hydroxylation sites is 7. The Balaban J connectivity index is -0.000000158. The lowest BCUT2D eigenvalue weighted by molar-refractivity contribution is 0.602. The molecule has 0 amide bonds. The summed E-state index contributed by atoms with van der Waals surface area (Å²) in [5.74, 6) is 0. The Hall–Kier alpha value is -13.4. The van der Waals surface area contributed by atoms with Gasteiger partial charge in [-0.05, 0) is 119 Å². The van der Waals surface area contributed by atoms with Crippen molar-refractivity contribution in [1.29, 1.82) is 0 Å². The van der Waals surface area contributed by atoms with Crippen LogP contribution in [-0.4, -0.2) is 70.2 Å². The summed E-state index contributed by atoms with van der Waals surface area (Å²) in [5.41, 5.74) is 10.4. The zero-order valence-electron chi connectivity index (χ0n) is 92.9. The predicted octanol–water partition coefficient (Wildman–Crippen LogP) is 40.1. The first-order valence-corrected chi connectivity index (χ1v) is 51.9. The van der Waals surface area contributed by atoms with Crippen LogP contribution in [0.25, 0.3) is 108 Å². The molecule has 0 bridgehead atoms. The number of pyridine rings is 4. The minimum absolute atomic E-state index is 0.810. The van der Waals surface area contributed by atoms with Crippen LogP contribution < -0.4 is 0 Å². The Labute approximate surface area is 843 Å². The largest absolute Gasteiger partial charge is 0.443 e. The van der Waals surface area contributed by atoms with Crippen LogP contribution in [0.1, 0.15) is 277 Å². The van der Waals surface area contributed by atoms with Crippen molar-refractivity contribution in [1.82, 2.24) is 70.2 Å². The molecule has 10 aromatic heterocycles. The summed E-state index contributed by atoms with van der Waals surface area (Å²) in [5, 5.41) is 27.1. The smallest absolute Gasteiger partial charge is 0.181 e. The summed E-state index contributed by atoms with van der Waals surface area (Å²) in [6, 6.07) is 96.2. The predicted molar refractivity (Wildman–Crippen MR) is 626 cm³/mol. The molecule has 20 rings (SSSR count). The number of benzene rings is 10. The molecule has 0 unspecified atom stereocenters. The van der Waals surface area contributed by atoms with Gasteiger partial charge in [0.25, 0.3) is 0 Å². The van der Waals surface area contributed by atoms with E-state index in [1.54, 1.807) is 61.0 Å². The highest BCUT2D eigenvalue weighted by Gasteiger charge is 1.96. The second kappa shape index (κ2) is 120. The van der Waals surface area contributed by atoms with E-state index in [0.29, 0.717) is 0 Å². The number of nitrogens with zero attached hydrogens (tertiary/aromatic N) is 14. The first-order chi connectivity index (χ1) is 68.7. The van der Waals surface area contributed by atoms with Gasteiger partial charge >= 0.3 is 0 Å². The van der Waals surface area contributed by atoms with Gasteiger partial charge in [0.2, 0.25) is 0 Å². The maximum Gasteiger partial charge on any atom is 0.181 e. The van der Waals surface area contributed by atoms with Crippen LogP contribution in [0.5, 0.6) is 0 Å². The van der Waals surface area contributed by atoms with Gasteiger partial charge in [0, 0.05) is 81.9 Å². The van der Waals surface area contributed by atoms with E-state index in [0.717, 1.165) is 76.8 Å². The summed E-state index contributed by atoms with van der Waals surface area (Å²) in [6.07, 6.45) is 22.4. The van der Waals surface area contributed by atoms with E-state index in [-0.39, 0.29) is 0 Å². The van der Waals surface area contributed by atoms with Gasteiger partial charge in [-0.25, -0.2) is 29.9 Å². The third-order valence-electron chi connectivity index (χ3n) is 14.2. The van der Waals surface area contributed by atoms with Crippen molar-refractivity contribution in [3.63, 3.8) is 0 Å². The topological polar surface area (TPSA) is 194 Å². The van der Waals surface area contributed by atoms with Gasteiger partial charge in [-0.2, -0.15) is 20.4 Å². The van der Waals surface area contributed by atoms with Crippen molar-refractivity contribution in [3.05, 3.63) is 378 Å². The Morgan fingerprint density at radius 2 is 0.478 bits per heavy atom.